The topological polar surface area (TPSA) is 21.3 Å². The van der Waals surface area contributed by atoms with Crippen molar-refractivity contribution in [2.45, 2.75) is 0 Å². The Morgan fingerprint density at radius 3 is 2.29 bits per heavy atom. The Kier molecular flexibility index (Phi) is 3.54. The van der Waals surface area contributed by atoms with Crippen LogP contribution < -0.4 is 10.1 Å². The zero-order chi connectivity index (χ0) is 11.1. The lowest BCUT2D eigenvalue weighted by molar-refractivity contribution is 0.278. The summed E-state index contributed by atoms with van der Waals surface area (Å²) in [7, 11) is 0. The normalized spacial score (nSPS) is 29.4. The van der Waals surface area contributed by atoms with Crippen LogP contribution in [0.4, 0.5) is 8.78 Å². The Labute approximate surface area is 105 Å². The smallest absolute Gasteiger partial charge is 0.129 e. The molecule has 0 bridgehead atoms. The van der Waals surface area contributed by atoms with E-state index in [1.807, 2.05) is 0 Å². The second-order valence-electron chi connectivity index (χ2n) is 4.57. The van der Waals surface area contributed by atoms with Crippen molar-refractivity contribution in [1.29, 1.82) is 0 Å². The van der Waals surface area contributed by atoms with E-state index in [-0.39, 0.29) is 18.2 Å². The van der Waals surface area contributed by atoms with Crippen molar-refractivity contribution in [1.82, 2.24) is 5.32 Å². The molecule has 0 spiro atoms. The van der Waals surface area contributed by atoms with Crippen LogP contribution in [0.5, 0.6) is 5.75 Å². The molecule has 17 heavy (non-hydrogen) atoms. The quantitative estimate of drug-likeness (QED) is 0.901. The third kappa shape index (κ3) is 2.53. The summed E-state index contributed by atoms with van der Waals surface area (Å²) in [5, 5.41) is 3.29. The second-order valence-corrected chi connectivity index (χ2v) is 4.57. The maximum absolute atomic E-state index is 12.9. The molecule has 0 unspecified atom stereocenters. The minimum Gasteiger partial charge on any atom is -0.493 e. The van der Waals surface area contributed by atoms with E-state index in [1.165, 1.54) is 12.1 Å². The van der Waals surface area contributed by atoms with Gasteiger partial charge in [0.25, 0.3) is 0 Å². The summed E-state index contributed by atoms with van der Waals surface area (Å²) in [4.78, 5) is 0. The Balaban J connectivity index is 0.00000108. The third-order valence-corrected chi connectivity index (χ3v) is 3.55. The molecule has 0 aromatic heterocycles. The Morgan fingerprint density at radius 1 is 1.12 bits per heavy atom. The fourth-order valence-corrected chi connectivity index (χ4v) is 2.60. The summed E-state index contributed by atoms with van der Waals surface area (Å²) in [5.74, 6) is 1.08. The molecule has 1 aromatic rings. The molecular weight excluding hydrogens is 248 g/mol. The molecule has 2 fully saturated rings. The lowest BCUT2D eigenvalue weighted by Gasteiger charge is -2.08. The van der Waals surface area contributed by atoms with Crippen LogP contribution in [0.2, 0.25) is 0 Å². The number of hydrogen-bond acceptors (Lipinski definition) is 2. The zero-order valence-corrected chi connectivity index (χ0v) is 9.97. The number of nitrogens with one attached hydrogen (secondary N) is 1. The van der Waals surface area contributed by atoms with Crippen LogP contribution in [-0.4, -0.2) is 19.7 Å². The van der Waals surface area contributed by atoms with Crippen molar-refractivity contribution in [3.05, 3.63) is 29.8 Å². The van der Waals surface area contributed by atoms with Crippen LogP contribution in [-0.2, 0) is 0 Å². The molecule has 1 aliphatic carbocycles. The van der Waals surface area contributed by atoms with Gasteiger partial charge in [-0.1, -0.05) is 0 Å². The van der Waals surface area contributed by atoms with Crippen LogP contribution in [0.1, 0.15) is 0 Å². The monoisotopic (exact) mass is 261 g/mol. The first-order valence-corrected chi connectivity index (χ1v) is 5.53. The molecule has 3 rings (SSSR count). The van der Waals surface area contributed by atoms with E-state index in [0.29, 0.717) is 24.4 Å². The van der Waals surface area contributed by atoms with Gasteiger partial charge in [-0.25, -0.2) is 8.78 Å². The highest BCUT2D eigenvalue weighted by Gasteiger charge is 2.52. The summed E-state index contributed by atoms with van der Waals surface area (Å²) in [6.45, 7) is 2.67. The molecule has 1 aliphatic heterocycles. The number of benzene rings is 1. The van der Waals surface area contributed by atoms with E-state index in [1.54, 1.807) is 0 Å². The van der Waals surface area contributed by atoms with E-state index in [9.17, 15) is 8.78 Å². The van der Waals surface area contributed by atoms with Crippen LogP contribution in [0.15, 0.2) is 18.2 Å². The van der Waals surface area contributed by atoms with Crippen molar-refractivity contribution < 1.29 is 13.5 Å². The first kappa shape index (κ1) is 12.6. The van der Waals surface area contributed by atoms with Crippen molar-refractivity contribution in [2.75, 3.05) is 19.7 Å². The van der Waals surface area contributed by atoms with Gasteiger partial charge in [0.1, 0.15) is 17.4 Å². The largest absolute Gasteiger partial charge is 0.493 e. The van der Waals surface area contributed by atoms with Crippen molar-refractivity contribution in [2.24, 2.45) is 17.8 Å². The van der Waals surface area contributed by atoms with Gasteiger partial charge in [-0.3, -0.25) is 0 Å². The number of piperidine rings is 1. The Hall–Kier alpha value is -0.870. The van der Waals surface area contributed by atoms with Crippen molar-refractivity contribution in [3.8, 4) is 5.75 Å². The predicted molar refractivity (Wildman–Crippen MR) is 62.4 cm³/mol. The highest BCUT2D eigenvalue weighted by Crippen LogP contribution is 2.48. The van der Waals surface area contributed by atoms with Gasteiger partial charge in [0.05, 0.1) is 6.61 Å². The average Bonchev–Trinajstić information content (AvgIpc) is 2.68. The van der Waals surface area contributed by atoms with Gasteiger partial charge >= 0.3 is 0 Å². The van der Waals surface area contributed by atoms with Gasteiger partial charge in [0, 0.05) is 24.1 Å². The molecule has 2 nitrogen and oxygen atoms in total. The molecular formula is C12H14ClF2NO. The summed E-state index contributed by atoms with van der Waals surface area (Å²) in [5.41, 5.74) is 0. The van der Waals surface area contributed by atoms with E-state index >= 15 is 0 Å². The highest BCUT2D eigenvalue weighted by atomic mass is 35.5. The predicted octanol–water partition coefficient (Wildman–Crippen LogP) is 2.23. The summed E-state index contributed by atoms with van der Waals surface area (Å²) in [6.07, 6.45) is 0. The van der Waals surface area contributed by atoms with Crippen molar-refractivity contribution in [3.63, 3.8) is 0 Å². The van der Waals surface area contributed by atoms with Gasteiger partial charge in [-0.15, -0.1) is 12.4 Å². The van der Waals surface area contributed by atoms with Gasteiger partial charge in [-0.05, 0) is 24.9 Å². The van der Waals surface area contributed by atoms with Crippen molar-refractivity contribution >= 4 is 12.4 Å². The molecule has 94 valence electrons. The maximum atomic E-state index is 12.9. The van der Waals surface area contributed by atoms with Crippen LogP contribution >= 0.6 is 12.4 Å². The molecule has 1 aromatic carbocycles. The maximum Gasteiger partial charge on any atom is 0.129 e. The summed E-state index contributed by atoms with van der Waals surface area (Å²) < 4.78 is 31.2. The van der Waals surface area contributed by atoms with E-state index < -0.39 is 11.6 Å². The van der Waals surface area contributed by atoms with Crippen LogP contribution in [0.3, 0.4) is 0 Å². The SMILES string of the molecule is Cl.Fc1cc(F)cc(OC[C@@H]2[C@@H]3CNC[C@@H]32)c1. The lowest BCUT2D eigenvalue weighted by Crippen LogP contribution is -2.17. The number of halogens is 3. The minimum atomic E-state index is -0.590. The molecule has 5 heteroatoms. The number of rotatable bonds is 3. The van der Waals surface area contributed by atoms with Gasteiger partial charge in [0.15, 0.2) is 0 Å². The Bertz CT molecular complexity index is 385. The lowest BCUT2D eigenvalue weighted by atomic mass is 10.3. The van der Waals surface area contributed by atoms with E-state index in [2.05, 4.69) is 5.32 Å². The van der Waals surface area contributed by atoms with Gasteiger partial charge in [0.2, 0.25) is 0 Å². The summed E-state index contributed by atoms with van der Waals surface area (Å²) in [6, 6.07) is 3.29. The third-order valence-electron chi connectivity index (χ3n) is 3.55. The van der Waals surface area contributed by atoms with Gasteiger partial charge < -0.3 is 10.1 Å². The minimum absolute atomic E-state index is 0. The Morgan fingerprint density at radius 2 is 1.71 bits per heavy atom. The molecule has 1 N–H and O–H groups in total. The fourth-order valence-electron chi connectivity index (χ4n) is 2.60. The zero-order valence-electron chi connectivity index (χ0n) is 9.16. The fraction of sp³-hybridized carbons (Fsp3) is 0.500. The molecule has 1 saturated heterocycles. The first-order chi connectivity index (χ1) is 7.74. The molecule has 2 aliphatic rings. The average molecular weight is 262 g/mol. The molecule has 3 atom stereocenters. The molecule has 0 amide bonds. The number of hydrogen-bond donors (Lipinski definition) is 1. The molecule has 1 saturated carbocycles. The van der Waals surface area contributed by atoms with Gasteiger partial charge in [-0.2, -0.15) is 0 Å². The second kappa shape index (κ2) is 4.78. The van der Waals surface area contributed by atoms with E-state index in [4.69, 9.17) is 4.74 Å². The number of ether oxygens (including phenoxy) is 1. The summed E-state index contributed by atoms with van der Waals surface area (Å²) >= 11 is 0. The first-order valence-electron chi connectivity index (χ1n) is 5.53. The molecule has 1 heterocycles. The molecule has 0 radical (unpaired) electrons. The van der Waals surface area contributed by atoms with Crippen LogP contribution in [0, 0.1) is 29.4 Å². The number of fused-ring (bicyclic) bond motifs is 1. The van der Waals surface area contributed by atoms with E-state index in [0.717, 1.165) is 19.2 Å². The van der Waals surface area contributed by atoms with Crippen LogP contribution in [0.25, 0.3) is 0 Å². The standard InChI is InChI=1S/C12H13F2NO.ClH/c13-7-1-8(14)3-9(2-7)16-6-12-10-4-15-5-11(10)12;/h1-3,10-12,15H,4-6H2;1H/t10-,11+,12-;. The highest BCUT2D eigenvalue weighted by molar-refractivity contribution is 5.85.